The van der Waals surface area contributed by atoms with Crippen molar-refractivity contribution in [2.24, 2.45) is 11.1 Å². The number of hydrogen-bond acceptors (Lipinski definition) is 2. The Kier molecular flexibility index (Phi) is 2.91. The summed E-state index contributed by atoms with van der Waals surface area (Å²) in [7, 11) is 0. The second-order valence-electron chi connectivity index (χ2n) is 5.62. The summed E-state index contributed by atoms with van der Waals surface area (Å²) in [6.45, 7) is 10.4. The molecule has 1 rings (SSSR count). The molecule has 0 radical (unpaired) electrons. The van der Waals surface area contributed by atoms with Crippen molar-refractivity contribution in [3.05, 3.63) is 0 Å². The van der Waals surface area contributed by atoms with Gasteiger partial charge in [-0.25, -0.2) is 0 Å². The summed E-state index contributed by atoms with van der Waals surface area (Å²) in [5.41, 5.74) is 5.25. The van der Waals surface area contributed by atoms with Crippen LogP contribution in [0.2, 0.25) is 0 Å². The van der Waals surface area contributed by atoms with Gasteiger partial charge in [0.1, 0.15) is 0 Å². The van der Waals surface area contributed by atoms with Crippen LogP contribution >= 0.6 is 0 Å². The van der Waals surface area contributed by atoms with Gasteiger partial charge in [0.25, 0.3) is 0 Å². The van der Waals surface area contributed by atoms with Crippen molar-refractivity contribution in [3.63, 3.8) is 0 Å². The van der Waals surface area contributed by atoms with E-state index >= 15 is 0 Å². The van der Waals surface area contributed by atoms with Gasteiger partial charge in [-0.2, -0.15) is 0 Å². The largest absolute Gasteiger partial charge is 0.369 e. The molecule has 82 valence electrons. The molecule has 0 saturated carbocycles. The third-order valence-corrected chi connectivity index (χ3v) is 3.24. The lowest BCUT2D eigenvalue weighted by Crippen LogP contribution is -2.54. The van der Waals surface area contributed by atoms with Gasteiger partial charge in [0.05, 0.1) is 5.41 Å². The van der Waals surface area contributed by atoms with Gasteiger partial charge in [-0.1, -0.05) is 0 Å². The van der Waals surface area contributed by atoms with E-state index in [1.54, 1.807) is 0 Å². The molecule has 0 aromatic heterocycles. The monoisotopic (exact) mass is 198 g/mol. The van der Waals surface area contributed by atoms with Crippen molar-refractivity contribution in [2.45, 2.75) is 46.1 Å². The van der Waals surface area contributed by atoms with Gasteiger partial charge in [-0.05, 0) is 47.1 Å². The number of primary amides is 1. The highest BCUT2D eigenvalue weighted by molar-refractivity contribution is 5.80. The van der Waals surface area contributed by atoms with Crippen LogP contribution in [0.4, 0.5) is 0 Å². The molecule has 0 aromatic rings. The first-order valence-electron chi connectivity index (χ1n) is 5.31. The highest BCUT2D eigenvalue weighted by Gasteiger charge is 2.39. The fourth-order valence-corrected chi connectivity index (χ4v) is 2.01. The molecule has 0 unspecified atom stereocenters. The maximum atomic E-state index is 11.3. The molecule has 0 aliphatic carbocycles. The van der Waals surface area contributed by atoms with Crippen molar-refractivity contribution in [3.8, 4) is 0 Å². The zero-order valence-electron chi connectivity index (χ0n) is 9.76. The molecule has 1 aliphatic heterocycles. The van der Waals surface area contributed by atoms with E-state index in [0.717, 1.165) is 25.9 Å². The molecule has 1 heterocycles. The molecule has 0 bridgehead atoms. The minimum atomic E-state index is -0.328. The lowest BCUT2D eigenvalue weighted by atomic mass is 9.79. The van der Waals surface area contributed by atoms with Crippen molar-refractivity contribution < 1.29 is 4.79 Å². The van der Waals surface area contributed by atoms with Crippen molar-refractivity contribution in [2.75, 3.05) is 13.1 Å². The Labute approximate surface area is 86.6 Å². The van der Waals surface area contributed by atoms with Gasteiger partial charge in [0.2, 0.25) is 5.91 Å². The molecule has 1 fully saturated rings. The molecule has 3 nitrogen and oxygen atoms in total. The summed E-state index contributed by atoms with van der Waals surface area (Å²) in [5.74, 6) is -0.161. The van der Waals surface area contributed by atoms with Crippen LogP contribution in [0.1, 0.15) is 40.5 Å². The van der Waals surface area contributed by atoms with E-state index in [1.807, 2.05) is 6.92 Å². The Hall–Kier alpha value is -0.570. The summed E-state index contributed by atoms with van der Waals surface area (Å²) in [6, 6.07) is 0. The first kappa shape index (κ1) is 11.5. The van der Waals surface area contributed by atoms with E-state index in [9.17, 15) is 4.79 Å². The minimum absolute atomic E-state index is 0.136. The van der Waals surface area contributed by atoms with Gasteiger partial charge in [-0.3, -0.25) is 9.69 Å². The molecule has 1 aliphatic rings. The average Bonchev–Trinajstić information content (AvgIpc) is 2.02. The highest BCUT2D eigenvalue weighted by Crippen LogP contribution is 2.32. The number of carbonyl (C=O) groups is 1. The van der Waals surface area contributed by atoms with E-state index in [1.165, 1.54) is 0 Å². The lowest BCUT2D eigenvalue weighted by Gasteiger charge is -2.45. The molecule has 2 N–H and O–H groups in total. The first-order chi connectivity index (χ1) is 6.26. The van der Waals surface area contributed by atoms with Crippen LogP contribution < -0.4 is 5.73 Å². The van der Waals surface area contributed by atoms with Crippen molar-refractivity contribution in [1.82, 2.24) is 4.90 Å². The third-order valence-electron chi connectivity index (χ3n) is 3.24. The number of rotatable bonds is 1. The number of hydrogen-bond donors (Lipinski definition) is 1. The number of likely N-dealkylation sites (tertiary alicyclic amines) is 1. The fourth-order valence-electron chi connectivity index (χ4n) is 2.01. The van der Waals surface area contributed by atoms with Gasteiger partial charge < -0.3 is 5.73 Å². The first-order valence-corrected chi connectivity index (χ1v) is 5.31. The fraction of sp³-hybridized carbons (Fsp3) is 0.909. The van der Waals surface area contributed by atoms with E-state index in [4.69, 9.17) is 5.73 Å². The Morgan fingerprint density at radius 3 is 2.43 bits per heavy atom. The molecule has 0 aromatic carbocycles. The Bertz CT molecular complexity index is 232. The molecule has 1 atom stereocenters. The van der Waals surface area contributed by atoms with Crippen LogP contribution in [-0.2, 0) is 4.79 Å². The van der Waals surface area contributed by atoms with E-state index in [-0.39, 0.29) is 16.9 Å². The molecule has 3 heteroatoms. The topological polar surface area (TPSA) is 46.3 Å². The van der Waals surface area contributed by atoms with Crippen LogP contribution in [0.5, 0.6) is 0 Å². The second-order valence-corrected chi connectivity index (χ2v) is 5.62. The highest BCUT2D eigenvalue weighted by atomic mass is 16.1. The predicted molar refractivity (Wildman–Crippen MR) is 57.9 cm³/mol. The molecule has 1 amide bonds. The number of carbonyl (C=O) groups excluding carboxylic acids is 1. The number of amides is 1. The number of nitrogens with zero attached hydrogens (tertiary/aromatic N) is 1. The lowest BCUT2D eigenvalue weighted by molar-refractivity contribution is -0.131. The summed E-state index contributed by atoms with van der Waals surface area (Å²) < 4.78 is 0. The summed E-state index contributed by atoms with van der Waals surface area (Å²) in [6.07, 6.45) is 1.99. The maximum Gasteiger partial charge on any atom is 0.224 e. The molecular weight excluding hydrogens is 176 g/mol. The molecule has 1 saturated heterocycles. The summed E-state index contributed by atoms with van der Waals surface area (Å²) in [5, 5.41) is 0. The quantitative estimate of drug-likeness (QED) is 0.691. The van der Waals surface area contributed by atoms with Crippen molar-refractivity contribution in [1.29, 1.82) is 0 Å². The molecular formula is C11H22N2O. The van der Waals surface area contributed by atoms with Gasteiger partial charge >= 0.3 is 0 Å². The van der Waals surface area contributed by atoms with E-state index in [2.05, 4.69) is 25.7 Å². The maximum absolute atomic E-state index is 11.3. The smallest absolute Gasteiger partial charge is 0.224 e. The number of nitrogens with two attached hydrogens (primary N) is 1. The zero-order valence-corrected chi connectivity index (χ0v) is 9.76. The molecule has 0 spiro atoms. The zero-order chi connectivity index (χ0) is 11.0. The van der Waals surface area contributed by atoms with Crippen LogP contribution in [0.3, 0.4) is 0 Å². The van der Waals surface area contributed by atoms with Gasteiger partial charge in [-0.15, -0.1) is 0 Å². The van der Waals surface area contributed by atoms with Crippen LogP contribution in [0.15, 0.2) is 0 Å². The second kappa shape index (κ2) is 3.54. The van der Waals surface area contributed by atoms with E-state index < -0.39 is 0 Å². The van der Waals surface area contributed by atoms with Crippen LogP contribution in [0.25, 0.3) is 0 Å². The Morgan fingerprint density at radius 1 is 1.43 bits per heavy atom. The SMILES string of the molecule is CC(C)(C)N1CCC[C@@](C)(C(N)=O)C1. The van der Waals surface area contributed by atoms with Gasteiger partial charge in [0.15, 0.2) is 0 Å². The Balaban J connectivity index is 2.74. The normalized spacial score (nSPS) is 30.3. The Morgan fingerprint density at radius 2 is 2.00 bits per heavy atom. The average molecular weight is 198 g/mol. The predicted octanol–water partition coefficient (Wildman–Crippen LogP) is 1.37. The van der Waals surface area contributed by atoms with Gasteiger partial charge in [0, 0.05) is 12.1 Å². The van der Waals surface area contributed by atoms with Crippen LogP contribution in [0, 0.1) is 5.41 Å². The standard InChI is InChI=1S/C11H22N2O/c1-10(2,3)13-7-5-6-11(4,8-13)9(12)14/h5-8H2,1-4H3,(H2,12,14)/t11-/m1/s1. The number of piperidine rings is 1. The summed E-state index contributed by atoms with van der Waals surface area (Å²) >= 11 is 0. The van der Waals surface area contributed by atoms with E-state index in [0.29, 0.717) is 0 Å². The minimum Gasteiger partial charge on any atom is -0.369 e. The van der Waals surface area contributed by atoms with Crippen molar-refractivity contribution >= 4 is 5.91 Å². The third kappa shape index (κ3) is 2.27. The summed E-state index contributed by atoms with van der Waals surface area (Å²) in [4.78, 5) is 13.7. The van der Waals surface area contributed by atoms with Crippen LogP contribution in [-0.4, -0.2) is 29.4 Å². The molecule has 14 heavy (non-hydrogen) atoms.